The zero-order chi connectivity index (χ0) is 13.0. The van der Waals surface area contributed by atoms with Crippen molar-refractivity contribution in [1.29, 1.82) is 0 Å². The van der Waals surface area contributed by atoms with E-state index in [2.05, 4.69) is 4.98 Å². The second-order valence-electron chi connectivity index (χ2n) is 3.80. The van der Waals surface area contributed by atoms with Crippen molar-refractivity contribution in [3.63, 3.8) is 0 Å². The number of rotatable bonds is 4. The highest BCUT2D eigenvalue weighted by Crippen LogP contribution is 2.21. The first-order valence-corrected chi connectivity index (χ1v) is 5.64. The second-order valence-corrected chi connectivity index (χ2v) is 3.80. The molecule has 0 aliphatic heterocycles. The third kappa shape index (κ3) is 2.26. The van der Waals surface area contributed by atoms with Gasteiger partial charge in [-0.15, -0.1) is 0 Å². The minimum absolute atomic E-state index is 0.170. The van der Waals surface area contributed by atoms with Crippen molar-refractivity contribution in [3.8, 4) is 11.4 Å². The Bertz CT molecular complexity index is 522. The monoisotopic (exact) mass is 245 g/mol. The third-order valence-electron chi connectivity index (χ3n) is 2.73. The van der Waals surface area contributed by atoms with E-state index in [0.717, 1.165) is 5.56 Å². The van der Waals surface area contributed by atoms with Crippen LogP contribution in [0.15, 0.2) is 42.7 Å². The number of nitrogens with zero attached hydrogens (tertiary/aromatic N) is 2. The number of benzene rings is 1. The van der Waals surface area contributed by atoms with Crippen molar-refractivity contribution in [2.75, 3.05) is 13.7 Å². The van der Waals surface area contributed by atoms with E-state index in [1.54, 1.807) is 17.0 Å². The summed E-state index contributed by atoms with van der Waals surface area (Å²) in [7, 11) is 1.35. The van der Waals surface area contributed by atoms with Gasteiger partial charge in [-0.25, -0.2) is 9.78 Å². The standard InChI is InChI=1S/C13H15N3O2/c1-18-13(17)11(9-14)16-8-7-15-12(16)10-5-3-2-4-6-10/h2-8,11H,9,14H2,1H3. The van der Waals surface area contributed by atoms with Crippen molar-refractivity contribution in [1.82, 2.24) is 9.55 Å². The van der Waals surface area contributed by atoms with E-state index >= 15 is 0 Å². The SMILES string of the molecule is COC(=O)C(CN)n1ccnc1-c1ccccc1. The molecule has 1 atom stereocenters. The van der Waals surface area contributed by atoms with Crippen LogP contribution in [0.3, 0.4) is 0 Å². The molecule has 0 saturated carbocycles. The Morgan fingerprint density at radius 3 is 2.78 bits per heavy atom. The fourth-order valence-corrected chi connectivity index (χ4v) is 1.83. The summed E-state index contributed by atoms with van der Waals surface area (Å²) in [5, 5.41) is 0. The number of hydrogen-bond donors (Lipinski definition) is 1. The smallest absolute Gasteiger partial charge is 0.330 e. The zero-order valence-electron chi connectivity index (χ0n) is 10.1. The molecule has 0 amide bonds. The van der Waals surface area contributed by atoms with Crippen LogP contribution in [-0.4, -0.2) is 29.2 Å². The number of methoxy groups -OCH3 is 1. The summed E-state index contributed by atoms with van der Waals surface area (Å²) >= 11 is 0. The Morgan fingerprint density at radius 1 is 1.44 bits per heavy atom. The molecule has 0 spiro atoms. The molecule has 2 rings (SSSR count). The molecule has 18 heavy (non-hydrogen) atoms. The summed E-state index contributed by atoms with van der Waals surface area (Å²) in [6.45, 7) is 0.170. The molecular weight excluding hydrogens is 230 g/mol. The van der Waals surface area contributed by atoms with Crippen molar-refractivity contribution in [2.24, 2.45) is 5.73 Å². The molecule has 0 saturated heterocycles. The molecule has 0 fully saturated rings. The topological polar surface area (TPSA) is 70.1 Å². The molecule has 5 heteroatoms. The van der Waals surface area contributed by atoms with Crippen molar-refractivity contribution >= 4 is 5.97 Å². The van der Waals surface area contributed by atoms with E-state index in [4.69, 9.17) is 10.5 Å². The maximum Gasteiger partial charge on any atom is 0.330 e. The minimum Gasteiger partial charge on any atom is -0.467 e. The van der Waals surface area contributed by atoms with Crippen molar-refractivity contribution in [3.05, 3.63) is 42.7 Å². The summed E-state index contributed by atoms with van der Waals surface area (Å²) in [5.41, 5.74) is 6.57. The summed E-state index contributed by atoms with van der Waals surface area (Å²) in [6.07, 6.45) is 3.38. The Morgan fingerprint density at radius 2 is 2.17 bits per heavy atom. The highest BCUT2D eigenvalue weighted by atomic mass is 16.5. The van der Waals surface area contributed by atoms with Crippen molar-refractivity contribution in [2.45, 2.75) is 6.04 Å². The molecule has 5 nitrogen and oxygen atoms in total. The van der Waals surface area contributed by atoms with Crippen LogP contribution in [0.2, 0.25) is 0 Å². The lowest BCUT2D eigenvalue weighted by Crippen LogP contribution is -2.28. The molecule has 2 N–H and O–H groups in total. The van der Waals surface area contributed by atoms with Crippen LogP contribution in [-0.2, 0) is 9.53 Å². The van der Waals surface area contributed by atoms with Crippen LogP contribution >= 0.6 is 0 Å². The Labute approximate surface area is 105 Å². The van der Waals surface area contributed by atoms with Gasteiger partial charge in [0.1, 0.15) is 11.9 Å². The van der Waals surface area contributed by atoms with Gasteiger partial charge in [0.05, 0.1) is 7.11 Å². The van der Waals surface area contributed by atoms with Crippen LogP contribution in [0, 0.1) is 0 Å². The first kappa shape index (κ1) is 12.3. The van der Waals surface area contributed by atoms with E-state index in [1.807, 2.05) is 30.3 Å². The largest absolute Gasteiger partial charge is 0.467 e. The molecule has 0 aliphatic carbocycles. The molecule has 94 valence electrons. The Kier molecular flexibility index (Phi) is 3.74. The molecule has 2 aromatic rings. The van der Waals surface area contributed by atoms with E-state index in [9.17, 15) is 4.79 Å². The van der Waals surface area contributed by atoms with Crippen LogP contribution in [0.4, 0.5) is 0 Å². The maximum absolute atomic E-state index is 11.7. The summed E-state index contributed by atoms with van der Waals surface area (Å²) in [6, 6.07) is 9.09. The van der Waals surface area contributed by atoms with Crippen LogP contribution in [0.1, 0.15) is 6.04 Å². The zero-order valence-corrected chi connectivity index (χ0v) is 10.1. The predicted octanol–water partition coefficient (Wildman–Crippen LogP) is 1.22. The lowest BCUT2D eigenvalue weighted by Gasteiger charge is -2.16. The normalized spacial score (nSPS) is 12.1. The Balaban J connectivity index is 2.41. The molecular formula is C13H15N3O2. The molecule has 0 aliphatic rings. The number of esters is 1. The third-order valence-corrected chi connectivity index (χ3v) is 2.73. The van der Waals surface area contributed by atoms with Crippen LogP contribution < -0.4 is 5.73 Å². The van der Waals surface area contributed by atoms with Crippen molar-refractivity contribution < 1.29 is 9.53 Å². The highest BCUT2D eigenvalue weighted by Gasteiger charge is 2.22. The van der Waals surface area contributed by atoms with Gasteiger partial charge in [0.2, 0.25) is 0 Å². The number of carbonyl (C=O) groups excluding carboxylic acids is 1. The van der Waals surface area contributed by atoms with Gasteiger partial charge >= 0.3 is 5.97 Å². The molecule has 1 aromatic heterocycles. The second kappa shape index (κ2) is 5.46. The van der Waals surface area contributed by atoms with Gasteiger partial charge in [0, 0.05) is 24.5 Å². The van der Waals surface area contributed by atoms with Gasteiger partial charge < -0.3 is 15.0 Å². The summed E-state index contributed by atoms with van der Waals surface area (Å²) in [4.78, 5) is 15.9. The number of carbonyl (C=O) groups is 1. The first-order chi connectivity index (χ1) is 8.77. The van der Waals surface area contributed by atoms with Crippen LogP contribution in [0.25, 0.3) is 11.4 Å². The van der Waals surface area contributed by atoms with E-state index in [1.165, 1.54) is 7.11 Å². The average molecular weight is 245 g/mol. The molecule has 1 unspecified atom stereocenters. The van der Waals surface area contributed by atoms with Gasteiger partial charge in [0.15, 0.2) is 0 Å². The minimum atomic E-state index is -0.548. The van der Waals surface area contributed by atoms with Gasteiger partial charge in [-0.05, 0) is 0 Å². The Hall–Kier alpha value is -2.14. The summed E-state index contributed by atoms with van der Waals surface area (Å²) < 4.78 is 6.49. The fraction of sp³-hybridized carbons (Fsp3) is 0.231. The van der Waals surface area contributed by atoms with E-state index in [0.29, 0.717) is 5.82 Å². The lowest BCUT2D eigenvalue weighted by molar-refractivity contribution is -0.144. The number of nitrogens with two attached hydrogens (primary N) is 1. The number of hydrogen-bond acceptors (Lipinski definition) is 4. The van der Waals surface area contributed by atoms with Crippen LogP contribution in [0.5, 0.6) is 0 Å². The highest BCUT2D eigenvalue weighted by molar-refractivity contribution is 5.75. The number of aromatic nitrogens is 2. The maximum atomic E-state index is 11.7. The van der Waals surface area contributed by atoms with Gasteiger partial charge in [-0.1, -0.05) is 30.3 Å². The number of imidazole rings is 1. The fourth-order valence-electron chi connectivity index (χ4n) is 1.83. The molecule has 0 bridgehead atoms. The predicted molar refractivity (Wildman–Crippen MR) is 67.8 cm³/mol. The molecule has 1 aromatic carbocycles. The number of ether oxygens (including phenoxy) is 1. The molecule has 1 heterocycles. The average Bonchev–Trinajstić information content (AvgIpc) is 2.89. The van der Waals surface area contributed by atoms with Gasteiger partial charge in [-0.3, -0.25) is 0 Å². The lowest BCUT2D eigenvalue weighted by atomic mass is 10.2. The van der Waals surface area contributed by atoms with E-state index < -0.39 is 6.04 Å². The summed E-state index contributed by atoms with van der Waals surface area (Å²) in [5.74, 6) is 0.337. The van der Waals surface area contributed by atoms with Gasteiger partial charge in [-0.2, -0.15) is 0 Å². The molecule has 0 radical (unpaired) electrons. The van der Waals surface area contributed by atoms with E-state index in [-0.39, 0.29) is 12.5 Å². The first-order valence-electron chi connectivity index (χ1n) is 5.64. The quantitative estimate of drug-likeness (QED) is 0.822. The van der Waals surface area contributed by atoms with Gasteiger partial charge in [0.25, 0.3) is 0 Å².